The van der Waals surface area contributed by atoms with E-state index in [-0.39, 0.29) is 5.43 Å². The molecule has 130 valence electrons. The molecule has 0 spiro atoms. The Hall–Kier alpha value is -1.68. The van der Waals surface area contributed by atoms with Crippen LogP contribution < -0.4 is 10.7 Å². The fraction of sp³-hybridized carbons (Fsp3) is 0.500. The minimum atomic E-state index is 0.157. The van der Waals surface area contributed by atoms with E-state index in [1.165, 1.54) is 25.7 Å². The summed E-state index contributed by atoms with van der Waals surface area (Å²) in [6.07, 6.45) is 7.08. The van der Waals surface area contributed by atoms with Crippen molar-refractivity contribution in [3.05, 3.63) is 45.7 Å². The first kappa shape index (κ1) is 18.7. The van der Waals surface area contributed by atoms with Crippen molar-refractivity contribution in [2.75, 3.05) is 0 Å². The van der Waals surface area contributed by atoms with Crippen LogP contribution in [0, 0.1) is 6.92 Å². The lowest BCUT2D eigenvalue weighted by Crippen LogP contribution is -2.27. The van der Waals surface area contributed by atoms with Crippen LogP contribution >= 0.6 is 12.2 Å². The number of aromatic nitrogens is 1. The van der Waals surface area contributed by atoms with Crippen LogP contribution in [0.25, 0.3) is 10.9 Å². The molecule has 0 aliphatic heterocycles. The third-order valence-electron chi connectivity index (χ3n) is 4.54. The second-order valence-electron chi connectivity index (χ2n) is 6.40. The number of hydrogen-bond acceptors (Lipinski definition) is 2. The third-order valence-corrected chi connectivity index (χ3v) is 4.69. The van der Waals surface area contributed by atoms with Gasteiger partial charge in [0.2, 0.25) is 0 Å². The Morgan fingerprint density at radius 2 is 1.88 bits per heavy atom. The van der Waals surface area contributed by atoms with Gasteiger partial charge in [-0.2, -0.15) is 0 Å². The maximum atomic E-state index is 12.7. The molecule has 0 aliphatic rings. The van der Waals surface area contributed by atoms with Crippen LogP contribution in [-0.2, 0) is 13.1 Å². The van der Waals surface area contributed by atoms with Crippen LogP contribution in [-0.4, -0.2) is 9.56 Å². The predicted molar refractivity (Wildman–Crippen MR) is 107 cm³/mol. The molecule has 0 aliphatic carbocycles. The first-order chi connectivity index (χ1) is 11.6. The van der Waals surface area contributed by atoms with Gasteiger partial charge in [-0.1, -0.05) is 57.0 Å². The van der Waals surface area contributed by atoms with Gasteiger partial charge in [0.25, 0.3) is 0 Å². The van der Waals surface area contributed by atoms with Crippen molar-refractivity contribution in [3.8, 4) is 0 Å². The summed E-state index contributed by atoms with van der Waals surface area (Å²) in [6, 6.07) is 7.85. The second-order valence-corrected chi connectivity index (χ2v) is 7.01. The molecule has 0 saturated carbocycles. The van der Waals surface area contributed by atoms with Crippen molar-refractivity contribution in [1.29, 1.82) is 0 Å². The first-order valence-electron chi connectivity index (χ1n) is 8.91. The molecular weight excluding hydrogens is 316 g/mol. The maximum Gasteiger partial charge on any atom is 0.192 e. The molecule has 0 atom stereocenters. The number of pyridine rings is 1. The van der Waals surface area contributed by atoms with Gasteiger partial charge in [0.1, 0.15) is 0 Å². The van der Waals surface area contributed by atoms with Crippen LogP contribution in [0.4, 0.5) is 0 Å². The molecule has 3 nitrogen and oxygen atoms in total. The highest BCUT2D eigenvalue weighted by molar-refractivity contribution is 7.80. The quantitative estimate of drug-likeness (QED) is 0.556. The fourth-order valence-corrected chi connectivity index (χ4v) is 3.24. The molecule has 0 amide bonds. The van der Waals surface area contributed by atoms with Crippen LogP contribution in [0.15, 0.2) is 29.1 Å². The van der Waals surface area contributed by atoms with Crippen molar-refractivity contribution in [2.24, 2.45) is 0 Å². The van der Waals surface area contributed by atoms with E-state index >= 15 is 0 Å². The lowest BCUT2D eigenvalue weighted by atomic mass is 10.0. The normalized spacial score (nSPS) is 11.0. The molecule has 0 radical (unpaired) electrons. The minimum absolute atomic E-state index is 0.157. The minimum Gasteiger partial charge on any atom is -0.362 e. The summed E-state index contributed by atoms with van der Waals surface area (Å²) in [5, 5.41) is 4.03. The van der Waals surface area contributed by atoms with Crippen molar-refractivity contribution in [2.45, 2.75) is 66.0 Å². The third kappa shape index (κ3) is 4.44. The number of thiocarbonyl (C=S) groups is 1. The SMILES string of the molecule is CCCCCCCc1c(C)c(=O)c2ccccc2n1CNC(C)=S. The average molecular weight is 345 g/mol. The van der Waals surface area contributed by atoms with Crippen LogP contribution in [0.3, 0.4) is 0 Å². The maximum absolute atomic E-state index is 12.7. The zero-order valence-corrected chi connectivity index (χ0v) is 15.8. The number of fused-ring (bicyclic) bond motifs is 1. The summed E-state index contributed by atoms with van der Waals surface area (Å²) in [5.74, 6) is 0. The Balaban J connectivity index is 2.38. The summed E-state index contributed by atoms with van der Waals surface area (Å²) in [5.41, 5.74) is 3.15. The standard InChI is InChI=1S/C20H28N2OS/c1-4-5-6-7-8-12-18-15(2)20(23)17-11-9-10-13-19(17)22(18)14-21-16(3)24/h9-11,13H,4-8,12,14H2,1-3H3,(H,21,24). The van der Waals surface area contributed by atoms with Gasteiger partial charge in [-0.05, 0) is 38.8 Å². The lowest BCUT2D eigenvalue weighted by molar-refractivity contribution is 0.594. The Kier molecular flexibility index (Phi) is 6.98. The van der Waals surface area contributed by atoms with Gasteiger partial charge in [-0.15, -0.1) is 0 Å². The number of nitrogens with one attached hydrogen (secondary N) is 1. The molecule has 0 bridgehead atoms. The van der Waals surface area contributed by atoms with Crippen molar-refractivity contribution in [3.63, 3.8) is 0 Å². The molecule has 2 rings (SSSR count). The Morgan fingerprint density at radius 3 is 2.58 bits per heavy atom. The second kappa shape index (κ2) is 8.97. The Morgan fingerprint density at radius 1 is 1.17 bits per heavy atom. The highest BCUT2D eigenvalue weighted by Crippen LogP contribution is 2.18. The van der Waals surface area contributed by atoms with E-state index in [0.29, 0.717) is 6.67 Å². The highest BCUT2D eigenvalue weighted by Gasteiger charge is 2.13. The average Bonchev–Trinajstić information content (AvgIpc) is 2.58. The molecule has 1 aromatic carbocycles. The monoisotopic (exact) mass is 344 g/mol. The molecule has 0 saturated heterocycles. The topological polar surface area (TPSA) is 34.0 Å². The molecule has 1 aromatic heterocycles. The first-order valence-corrected chi connectivity index (χ1v) is 9.32. The molecule has 0 fully saturated rings. The van der Waals surface area contributed by atoms with E-state index in [2.05, 4.69) is 16.8 Å². The summed E-state index contributed by atoms with van der Waals surface area (Å²) in [6.45, 7) is 6.68. The summed E-state index contributed by atoms with van der Waals surface area (Å²) in [7, 11) is 0. The van der Waals surface area contributed by atoms with E-state index in [9.17, 15) is 4.79 Å². The van der Waals surface area contributed by atoms with Gasteiger partial charge in [-0.3, -0.25) is 4.79 Å². The molecule has 2 aromatic rings. The van der Waals surface area contributed by atoms with Gasteiger partial charge in [-0.25, -0.2) is 0 Å². The van der Waals surface area contributed by atoms with Crippen molar-refractivity contribution < 1.29 is 0 Å². The molecule has 4 heteroatoms. The van der Waals surface area contributed by atoms with Crippen LogP contribution in [0.1, 0.15) is 57.2 Å². The summed E-state index contributed by atoms with van der Waals surface area (Å²) in [4.78, 5) is 13.5. The molecular formula is C20H28N2OS. The van der Waals surface area contributed by atoms with Gasteiger partial charge >= 0.3 is 0 Å². The van der Waals surface area contributed by atoms with E-state index in [1.54, 1.807) is 0 Å². The fourth-order valence-electron chi connectivity index (χ4n) is 3.17. The lowest BCUT2D eigenvalue weighted by Gasteiger charge is -2.20. The number of hydrogen-bond donors (Lipinski definition) is 1. The molecule has 0 unspecified atom stereocenters. The Bertz CT molecular complexity index is 764. The highest BCUT2D eigenvalue weighted by atomic mass is 32.1. The number of nitrogens with zero attached hydrogens (tertiary/aromatic N) is 1. The van der Waals surface area contributed by atoms with Gasteiger partial charge in [0, 0.05) is 16.6 Å². The number of rotatable bonds is 8. The van der Waals surface area contributed by atoms with E-state index in [4.69, 9.17) is 12.2 Å². The van der Waals surface area contributed by atoms with E-state index < -0.39 is 0 Å². The van der Waals surface area contributed by atoms with E-state index in [0.717, 1.165) is 40.0 Å². The summed E-state index contributed by atoms with van der Waals surface area (Å²) >= 11 is 5.17. The van der Waals surface area contributed by atoms with Gasteiger partial charge in [0.05, 0.1) is 17.2 Å². The number of unbranched alkanes of at least 4 members (excludes halogenated alkanes) is 4. The van der Waals surface area contributed by atoms with Crippen molar-refractivity contribution >= 4 is 28.1 Å². The van der Waals surface area contributed by atoms with Gasteiger partial charge < -0.3 is 9.88 Å². The molecule has 24 heavy (non-hydrogen) atoms. The Labute approximate surface area is 150 Å². The molecule has 1 heterocycles. The van der Waals surface area contributed by atoms with Gasteiger partial charge in [0.15, 0.2) is 5.43 Å². The smallest absolute Gasteiger partial charge is 0.192 e. The molecule has 1 N–H and O–H groups in total. The van der Waals surface area contributed by atoms with E-state index in [1.807, 2.05) is 38.1 Å². The zero-order chi connectivity index (χ0) is 17.5. The number of para-hydroxylation sites is 1. The number of benzene rings is 1. The zero-order valence-electron chi connectivity index (χ0n) is 15.0. The van der Waals surface area contributed by atoms with Crippen LogP contribution in [0.5, 0.6) is 0 Å². The van der Waals surface area contributed by atoms with Crippen molar-refractivity contribution in [1.82, 2.24) is 9.88 Å². The predicted octanol–water partition coefficient (Wildman–Crippen LogP) is 4.72. The largest absolute Gasteiger partial charge is 0.362 e. The van der Waals surface area contributed by atoms with Crippen LogP contribution in [0.2, 0.25) is 0 Å². The summed E-state index contributed by atoms with van der Waals surface area (Å²) < 4.78 is 2.22.